The molecule has 0 aliphatic rings. The summed E-state index contributed by atoms with van der Waals surface area (Å²) in [5, 5.41) is 6.28. The van der Waals surface area contributed by atoms with Crippen LogP contribution >= 0.6 is 11.3 Å². The summed E-state index contributed by atoms with van der Waals surface area (Å²) in [7, 11) is 0. The molecule has 0 spiro atoms. The minimum absolute atomic E-state index is 1.05. The molecule has 0 saturated heterocycles. The van der Waals surface area contributed by atoms with Crippen molar-refractivity contribution in [2.75, 3.05) is 0 Å². The van der Waals surface area contributed by atoms with E-state index in [2.05, 4.69) is 103 Å². The van der Waals surface area contributed by atoms with Crippen molar-refractivity contribution in [1.29, 1.82) is 0 Å². The molecule has 0 aliphatic heterocycles. The summed E-state index contributed by atoms with van der Waals surface area (Å²) in [5.74, 6) is 0. The van der Waals surface area contributed by atoms with Crippen LogP contribution in [-0.4, -0.2) is 4.98 Å². The Bertz CT molecular complexity index is 1810. The average Bonchev–Trinajstić information content (AvgIpc) is 3.27. The van der Waals surface area contributed by atoms with Crippen molar-refractivity contribution >= 4 is 53.2 Å². The fourth-order valence-corrected chi connectivity index (χ4v) is 6.21. The van der Waals surface area contributed by atoms with Gasteiger partial charge in [0.05, 0.1) is 5.52 Å². The van der Waals surface area contributed by atoms with Crippen molar-refractivity contribution < 1.29 is 0 Å². The van der Waals surface area contributed by atoms with Crippen molar-refractivity contribution in [3.63, 3.8) is 0 Å². The second-order valence-electron chi connectivity index (χ2n) is 8.37. The fourth-order valence-electron chi connectivity index (χ4n) is 5.07. The van der Waals surface area contributed by atoms with Gasteiger partial charge >= 0.3 is 0 Å². The van der Waals surface area contributed by atoms with Gasteiger partial charge < -0.3 is 0 Å². The Labute approximate surface area is 195 Å². The van der Waals surface area contributed by atoms with Crippen molar-refractivity contribution in [2.45, 2.75) is 0 Å². The number of thiophene rings is 1. The van der Waals surface area contributed by atoms with Crippen LogP contribution in [0.4, 0.5) is 0 Å². The molecule has 33 heavy (non-hydrogen) atoms. The van der Waals surface area contributed by atoms with Crippen LogP contribution < -0.4 is 0 Å². The summed E-state index contributed by atoms with van der Waals surface area (Å²) in [4.78, 5) is 4.86. The smallest absolute Gasteiger partial charge is 0.0786 e. The van der Waals surface area contributed by atoms with Crippen LogP contribution in [-0.2, 0) is 0 Å². The van der Waals surface area contributed by atoms with Gasteiger partial charge in [-0.2, -0.15) is 0 Å². The second kappa shape index (κ2) is 7.26. The molecule has 2 heteroatoms. The molecule has 0 unspecified atom stereocenters. The number of hydrogen-bond donors (Lipinski definition) is 0. The molecule has 1 nitrogen and oxygen atoms in total. The third-order valence-corrected chi connectivity index (χ3v) is 7.66. The second-order valence-corrected chi connectivity index (χ2v) is 9.45. The van der Waals surface area contributed by atoms with Crippen LogP contribution in [0.3, 0.4) is 0 Å². The summed E-state index contributed by atoms with van der Waals surface area (Å²) in [6, 6.07) is 39.2. The molecule has 0 atom stereocenters. The number of benzene rings is 5. The molecule has 2 aromatic heterocycles. The van der Waals surface area contributed by atoms with Crippen LogP contribution in [0.5, 0.6) is 0 Å². The lowest BCUT2D eigenvalue weighted by Crippen LogP contribution is -1.90. The number of rotatable bonds is 2. The first-order chi connectivity index (χ1) is 16.4. The lowest BCUT2D eigenvalue weighted by Gasteiger charge is -2.15. The van der Waals surface area contributed by atoms with Crippen LogP contribution in [0, 0.1) is 0 Å². The number of nitrogens with zero attached hydrogens (tertiary/aromatic N) is 1. The first kappa shape index (κ1) is 18.6. The molecule has 2 heterocycles. The van der Waals surface area contributed by atoms with Crippen LogP contribution in [0.2, 0.25) is 0 Å². The van der Waals surface area contributed by atoms with E-state index in [0.29, 0.717) is 0 Å². The van der Waals surface area contributed by atoms with Crippen molar-refractivity contribution in [1.82, 2.24) is 4.98 Å². The van der Waals surface area contributed by atoms with Gasteiger partial charge in [0.2, 0.25) is 0 Å². The van der Waals surface area contributed by atoms with Crippen molar-refractivity contribution in [3.8, 4) is 22.3 Å². The maximum atomic E-state index is 4.86. The van der Waals surface area contributed by atoms with Gasteiger partial charge in [0.1, 0.15) is 0 Å². The predicted molar refractivity (Wildman–Crippen MR) is 143 cm³/mol. The predicted octanol–water partition coefficient (Wildman–Crippen LogP) is 9.09. The third-order valence-electron chi connectivity index (χ3n) is 6.53. The largest absolute Gasteiger partial charge is 0.256 e. The van der Waals surface area contributed by atoms with Gasteiger partial charge in [0, 0.05) is 37.1 Å². The highest BCUT2D eigenvalue weighted by molar-refractivity contribution is 7.25. The Morgan fingerprint density at radius 2 is 1.27 bits per heavy atom. The van der Waals surface area contributed by atoms with Crippen molar-refractivity contribution in [3.05, 3.63) is 115 Å². The van der Waals surface area contributed by atoms with Crippen LogP contribution in [0.25, 0.3) is 64.1 Å². The van der Waals surface area contributed by atoms with Crippen molar-refractivity contribution in [2.24, 2.45) is 0 Å². The van der Waals surface area contributed by atoms with Gasteiger partial charge in [-0.05, 0) is 45.8 Å². The van der Waals surface area contributed by atoms with Gasteiger partial charge in [-0.15, -0.1) is 11.3 Å². The molecule has 0 aliphatic carbocycles. The summed E-state index contributed by atoms with van der Waals surface area (Å²) in [5.41, 5.74) is 6.03. The Morgan fingerprint density at radius 3 is 2.21 bits per heavy atom. The lowest BCUT2D eigenvalue weighted by molar-refractivity contribution is 1.43. The van der Waals surface area contributed by atoms with E-state index in [4.69, 9.17) is 4.98 Å². The highest BCUT2D eigenvalue weighted by Crippen LogP contribution is 2.44. The molecule has 7 aromatic rings. The van der Waals surface area contributed by atoms with E-state index in [1.807, 2.05) is 23.6 Å². The molecule has 7 rings (SSSR count). The Hall–Kier alpha value is -4.01. The molecule has 0 amide bonds. The molecule has 0 N–H and O–H groups in total. The lowest BCUT2D eigenvalue weighted by atomic mass is 9.89. The van der Waals surface area contributed by atoms with E-state index in [0.717, 1.165) is 5.52 Å². The third kappa shape index (κ3) is 2.81. The summed E-state index contributed by atoms with van der Waals surface area (Å²) in [6.07, 6.45) is 1.90. The van der Waals surface area contributed by atoms with Gasteiger partial charge in [0.15, 0.2) is 0 Å². The number of hydrogen-bond acceptors (Lipinski definition) is 2. The Balaban J connectivity index is 1.66. The van der Waals surface area contributed by atoms with E-state index >= 15 is 0 Å². The minimum atomic E-state index is 1.05. The highest BCUT2D eigenvalue weighted by Gasteiger charge is 2.17. The number of pyridine rings is 1. The quantitative estimate of drug-likeness (QED) is 0.246. The monoisotopic (exact) mass is 437 g/mol. The number of fused-ring (bicyclic) bond motifs is 6. The zero-order valence-electron chi connectivity index (χ0n) is 17.8. The Kier molecular flexibility index (Phi) is 4.08. The minimum Gasteiger partial charge on any atom is -0.256 e. The molecular formula is C31H19NS. The molecule has 154 valence electrons. The zero-order valence-corrected chi connectivity index (χ0v) is 18.6. The van der Waals surface area contributed by atoms with Gasteiger partial charge in [-0.3, -0.25) is 4.98 Å². The van der Waals surface area contributed by atoms with Gasteiger partial charge in [-0.1, -0.05) is 91.0 Å². The first-order valence-corrected chi connectivity index (χ1v) is 12.0. The fraction of sp³-hybridized carbons (Fsp3) is 0. The molecular weight excluding hydrogens is 418 g/mol. The molecule has 0 fully saturated rings. The summed E-state index contributed by atoms with van der Waals surface area (Å²) in [6.45, 7) is 0. The maximum absolute atomic E-state index is 4.86. The SMILES string of the molecule is c1ccc(-c2ccc(-c3cccc4sc5ccccc5c34)c3c2ccc2cccnc23)cc1. The van der Waals surface area contributed by atoms with Crippen LogP contribution in [0.15, 0.2) is 115 Å². The summed E-state index contributed by atoms with van der Waals surface area (Å²) < 4.78 is 2.65. The topological polar surface area (TPSA) is 12.9 Å². The van der Waals surface area contributed by atoms with E-state index in [1.54, 1.807) is 0 Å². The molecule has 0 saturated carbocycles. The van der Waals surface area contributed by atoms with Gasteiger partial charge in [-0.25, -0.2) is 0 Å². The summed E-state index contributed by atoms with van der Waals surface area (Å²) >= 11 is 1.86. The maximum Gasteiger partial charge on any atom is 0.0786 e. The normalized spacial score (nSPS) is 11.6. The van der Waals surface area contributed by atoms with Crippen LogP contribution in [0.1, 0.15) is 0 Å². The average molecular weight is 438 g/mol. The molecule has 5 aromatic carbocycles. The first-order valence-electron chi connectivity index (χ1n) is 11.1. The molecule has 0 radical (unpaired) electrons. The van der Waals surface area contributed by atoms with E-state index in [-0.39, 0.29) is 0 Å². The van der Waals surface area contributed by atoms with E-state index < -0.39 is 0 Å². The standard InChI is InChI=1S/C31H19NS/c1-2-8-20(9-3-1)22-17-18-25(30-24(22)16-15-21-10-7-19-32-31(21)30)23-12-6-14-28-29(23)26-11-4-5-13-27(26)33-28/h1-19H. The van der Waals surface area contributed by atoms with Gasteiger partial charge in [0.25, 0.3) is 0 Å². The van der Waals surface area contributed by atoms with E-state index in [1.165, 1.54) is 58.6 Å². The zero-order chi connectivity index (χ0) is 21.8. The Morgan fingerprint density at radius 1 is 0.485 bits per heavy atom. The highest BCUT2D eigenvalue weighted by atomic mass is 32.1. The van der Waals surface area contributed by atoms with E-state index in [9.17, 15) is 0 Å². The number of aromatic nitrogens is 1. The molecule has 0 bridgehead atoms.